The number of furan rings is 1. The summed E-state index contributed by atoms with van der Waals surface area (Å²) in [6, 6.07) is 24.7. The molecule has 5 aromatic rings. The molecule has 170 valence electrons. The maximum atomic E-state index is 6.23. The van der Waals surface area contributed by atoms with Gasteiger partial charge >= 0.3 is 0 Å². The van der Waals surface area contributed by atoms with Gasteiger partial charge in [0, 0.05) is 30.1 Å². The van der Waals surface area contributed by atoms with Gasteiger partial charge in [-0.15, -0.1) is 0 Å². The summed E-state index contributed by atoms with van der Waals surface area (Å²) in [6.45, 7) is 2.80. The van der Waals surface area contributed by atoms with Gasteiger partial charge in [0.2, 0.25) is 0 Å². The number of aryl methyl sites for hydroxylation is 3. The largest absolute Gasteiger partial charge is 0.469 e. The predicted octanol–water partition coefficient (Wildman–Crippen LogP) is 6.57. The molecule has 0 aliphatic heterocycles. The fourth-order valence-electron chi connectivity index (χ4n) is 4.24. The summed E-state index contributed by atoms with van der Waals surface area (Å²) in [6.07, 6.45) is 6.59. The highest BCUT2D eigenvalue weighted by molar-refractivity contribution is 5.79. The fourth-order valence-corrected chi connectivity index (χ4v) is 4.24. The van der Waals surface area contributed by atoms with E-state index in [9.17, 15) is 0 Å². The SMILES string of the molecule is Cc1cc(-c2ccc(N)c(NCc3ccc4ncccc4c3)n2)ccc1CCCc1ccco1. The van der Waals surface area contributed by atoms with Crippen LogP contribution >= 0.6 is 0 Å². The standard InChI is InChI=1S/C29H28N4O/c1-20-17-24(11-10-22(20)5-2-7-25-8-4-16-34-25)28-14-12-26(30)29(33-28)32-19-21-9-13-27-23(18-21)6-3-15-31-27/h3-4,6,8-18H,2,5,7,19,30H2,1H3,(H,32,33). The van der Waals surface area contributed by atoms with E-state index in [4.69, 9.17) is 15.1 Å². The van der Waals surface area contributed by atoms with Crippen LogP contribution in [0.3, 0.4) is 0 Å². The average molecular weight is 449 g/mol. The summed E-state index contributed by atoms with van der Waals surface area (Å²) in [4.78, 5) is 9.21. The number of aromatic nitrogens is 2. The van der Waals surface area contributed by atoms with E-state index in [0.29, 0.717) is 18.1 Å². The van der Waals surface area contributed by atoms with Crippen molar-refractivity contribution in [3.05, 3.63) is 108 Å². The zero-order valence-electron chi connectivity index (χ0n) is 19.3. The first-order chi connectivity index (χ1) is 16.7. The van der Waals surface area contributed by atoms with Crippen molar-refractivity contribution in [3.63, 3.8) is 0 Å². The third-order valence-corrected chi connectivity index (χ3v) is 6.14. The quantitative estimate of drug-likeness (QED) is 0.281. The van der Waals surface area contributed by atoms with Crippen LogP contribution in [0.4, 0.5) is 11.5 Å². The highest BCUT2D eigenvalue weighted by Gasteiger charge is 2.08. The zero-order valence-corrected chi connectivity index (χ0v) is 19.3. The Labute approximate surface area is 199 Å². The van der Waals surface area contributed by atoms with Crippen LogP contribution < -0.4 is 11.1 Å². The topological polar surface area (TPSA) is 77.0 Å². The molecule has 0 spiro atoms. The second-order valence-electron chi connectivity index (χ2n) is 8.59. The second-order valence-corrected chi connectivity index (χ2v) is 8.59. The molecule has 34 heavy (non-hydrogen) atoms. The maximum absolute atomic E-state index is 6.23. The summed E-state index contributed by atoms with van der Waals surface area (Å²) in [5.41, 5.74) is 13.6. The molecule has 0 unspecified atom stereocenters. The number of rotatable bonds is 8. The van der Waals surface area contributed by atoms with Gasteiger partial charge in [-0.1, -0.05) is 24.3 Å². The third kappa shape index (κ3) is 4.94. The molecule has 0 saturated carbocycles. The minimum absolute atomic E-state index is 0.637. The summed E-state index contributed by atoms with van der Waals surface area (Å²) in [5, 5.41) is 4.53. The molecule has 0 atom stereocenters. The van der Waals surface area contributed by atoms with Gasteiger partial charge in [0.25, 0.3) is 0 Å². The van der Waals surface area contributed by atoms with Gasteiger partial charge in [-0.3, -0.25) is 4.98 Å². The molecule has 5 rings (SSSR count). The van der Waals surface area contributed by atoms with Crippen LogP contribution in [-0.2, 0) is 19.4 Å². The fraction of sp³-hybridized carbons (Fsp3) is 0.172. The van der Waals surface area contributed by atoms with Gasteiger partial charge in [-0.2, -0.15) is 0 Å². The van der Waals surface area contributed by atoms with Crippen LogP contribution in [0.1, 0.15) is 28.9 Å². The summed E-state index contributed by atoms with van der Waals surface area (Å²) in [7, 11) is 0. The molecule has 3 aromatic heterocycles. The van der Waals surface area contributed by atoms with Crippen LogP contribution in [0.2, 0.25) is 0 Å². The number of benzene rings is 2. The number of nitrogens with two attached hydrogens (primary N) is 1. The van der Waals surface area contributed by atoms with Crippen molar-refractivity contribution < 1.29 is 4.42 Å². The van der Waals surface area contributed by atoms with Crippen molar-refractivity contribution in [3.8, 4) is 11.3 Å². The van der Waals surface area contributed by atoms with Crippen LogP contribution in [0.15, 0.2) is 89.7 Å². The van der Waals surface area contributed by atoms with Crippen LogP contribution in [0.5, 0.6) is 0 Å². The number of fused-ring (bicyclic) bond motifs is 1. The van der Waals surface area contributed by atoms with Gasteiger partial charge in [0.1, 0.15) is 11.6 Å². The van der Waals surface area contributed by atoms with E-state index >= 15 is 0 Å². The van der Waals surface area contributed by atoms with Crippen LogP contribution in [-0.4, -0.2) is 9.97 Å². The molecule has 3 N–H and O–H groups in total. The third-order valence-electron chi connectivity index (χ3n) is 6.14. The first-order valence-electron chi connectivity index (χ1n) is 11.6. The van der Waals surface area contributed by atoms with Crippen molar-refractivity contribution >= 4 is 22.4 Å². The Morgan fingerprint density at radius 2 is 1.88 bits per heavy atom. The molecule has 3 heterocycles. The Morgan fingerprint density at radius 3 is 2.74 bits per heavy atom. The first-order valence-corrected chi connectivity index (χ1v) is 11.6. The van der Waals surface area contributed by atoms with E-state index in [2.05, 4.69) is 53.6 Å². The van der Waals surface area contributed by atoms with Gasteiger partial charge in [0.15, 0.2) is 0 Å². The molecular formula is C29H28N4O. The van der Waals surface area contributed by atoms with Gasteiger partial charge in [-0.25, -0.2) is 4.98 Å². The highest BCUT2D eigenvalue weighted by atomic mass is 16.3. The number of nitrogen functional groups attached to an aromatic ring is 1. The summed E-state index contributed by atoms with van der Waals surface area (Å²) < 4.78 is 5.44. The molecule has 5 heteroatoms. The van der Waals surface area contributed by atoms with E-state index in [-0.39, 0.29) is 0 Å². The predicted molar refractivity (Wildman–Crippen MR) is 139 cm³/mol. The molecule has 0 saturated heterocycles. The Morgan fingerprint density at radius 1 is 0.941 bits per heavy atom. The highest BCUT2D eigenvalue weighted by Crippen LogP contribution is 2.26. The lowest BCUT2D eigenvalue weighted by Crippen LogP contribution is -2.05. The van der Waals surface area contributed by atoms with Gasteiger partial charge < -0.3 is 15.5 Å². The first kappa shape index (κ1) is 21.7. The molecule has 5 nitrogen and oxygen atoms in total. The number of hydrogen-bond acceptors (Lipinski definition) is 5. The molecule has 0 aliphatic carbocycles. The van der Waals surface area contributed by atoms with Crippen molar-refractivity contribution in [2.75, 3.05) is 11.1 Å². The number of nitrogens with zero attached hydrogens (tertiary/aromatic N) is 2. The number of hydrogen-bond donors (Lipinski definition) is 2. The van der Waals surface area contributed by atoms with Crippen LogP contribution in [0.25, 0.3) is 22.2 Å². The van der Waals surface area contributed by atoms with Crippen molar-refractivity contribution in [2.45, 2.75) is 32.7 Å². The van der Waals surface area contributed by atoms with Crippen molar-refractivity contribution in [1.82, 2.24) is 9.97 Å². The maximum Gasteiger partial charge on any atom is 0.150 e. The van der Waals surface area contributed by atoms with E-state index < -0.39 is 0 Å². The smallest absolute Gasteiger partial charge is 0.150 e. The summed E-state index contributed by atoms with van der Waals surface area (Å²) >= 11 is 0. The molecule has 0 aliphatic rings. The van der Waals surface area contributed by atoms with Crippen molar-refractivity contribution in [1.29, 1.82) is 0 Å². The van der Waals surface area contributed by atoms with E-state index in [1.54, 1.807) is 6.26 Å². The Balaban J connectivity index is 1.28. The molecule has 0 radical (unpaired) electrons. The normalized spacial score (nSPS) is 11.1. The molecule has 0 amide bonds. The van der Waals surface area contributed by atoms with Crippen molar-refractivity contribution in [2.24, 2.45) is 0 Å². The summed E-state index contributed by atoms with van der Waals surface area (Å²) in [5.74, 6) is 1.74. The Bertz CT molecular complexity index is 1410. The number of pyridine rings is 2. The lowest BCUT2D eigenvalue weighted by molar-refractivity contribution is 0.502. The number of anilines is 2. The molecular weight excluding hydrogens is 420 g/mol. The Kier molecular flexibility index (Phi) is 6.25. The lowest BCUT2D eigenvalue weighted by Gasteiger charge is -2.12. The molecule has 0 fully saturated rings. The molecule has 0 bridgehead atoms. The van der Waals surface area contributed by atoms with E-state index in [0.717, 1.165) is 52.7 Å². The second kappa shape index (κ2) is 9.79. The average Bonchev–Trinajstić information content (AvgIpc) is 3.38. The Hall–Kier alpha value is -4.12. The lowest BCUT2D eigenvalue weighted by atomic mass is 9.98. The zero-order chi connectivity index (χ0) is 23.3. The number of nitrogens with one attached hydrogen (secondary N) is 1. The van der Waals surface area contributed by atoms with E-state index in [1.165, 1.54) is 11.1 Å². The molecule has 2 aromatic carbocycles. The minimum Gasteiger partial charge on any atom is -0.469 e. The van der Waals surface area contributed by atoms with Crippen LogP contribution in [0, 0.1) is 6.92 Å². The van der Waals surface area contributed by atoms with Gasteiger partial charge in [-0.05, 0) is 85.0 Å². The monoisotopic (exact) mass is 448 g/mol. The minimum atomic E-state index is 0.637. The van der Waals surface area contributed by atoms with E-state index in [1.807, 2.05) is 42.6 Å². The van der Waals surface area contributed by atoms with Gasteiger partial charge in [0.05, 0.1) is 23.2 Å².